The summed E-state index contributed by atoms with van der Waals surface area (Å²) in [5.41, 5.74) is 2.24. The maximum Gasteiger partial charge on any atom is 0.123 e. The number of ether oxygens (including phenoxy) is 1. The molecule has 0 aliphatic heterocycles. The summed E-state index contributed by atoms with van der Waals surface area (Å²) < 4.78 is 5.16. The van der Waals surface area contributed by atoms with Gasteiger partial charge < -0.3 is 10.1 Å². The van der Waals surface area contributed by atoms with E-state index in [1.807, 2.05) is 31.3 Å². The highest BCUT2D eigenvalue weighted by Crippen LogP contribution is 2.32. The molecular weight excluding hydrogens is 244 g/mol. The van der Waals surface area contributed by atoms with Crippen molar-refractivity contribution in [2.24, 2.45) is 0 Å². The first-order valence-electron chi connectivity index (χ1n) is 5.94. The molecule has 2 rings (SSSR count). The molecule has 1 unspecified atom stereocenters. The first kappa shape index (κ1) is 13.1. The lowest BCUT2D eigenvalue weighted by atomic mass is 10.2. The monoisotopic (exact) mass is 262 g/mol. The third kappa shape index (κ3) is 2.54. The van der Waals surface area contributed by atoms with Crippen LogP contribution in [0.3, 0.4) is 0 Å². The molecule has 0 fully saturated rings. The summed E-state index contributed by atoms with van der Waals surface area (Å²) in [5, 5.41) is 4.32. The topological polar surface area (TPSA) is 34.1 Å². The minimum atomic E-state index is 0.342. The quantitative estimate of drug-likeness (QED) is 0.917. The van der Waals surface area contributed by atoms with Gasteiger partial charge in [-0.25, -0.2) is 4.98 Å². The molecule has 0 bridgehead atoms. The third-order valence-electron chi connectivity index (χ3n) is 3.00. The summed E-state index contributed by atoms with van der Waals surface area (Å²) in [6, 6.07) is 8.37. The molecule has 0 aliphatic rings. The molecule has 0 aliphatic carbocycles. The van der Waals surface area contributed by atoms with Gasteiger partial charge in [-0.15, -0.1) is 11.3 Å². The molecule has 1 N–H and O–H groups in total. The van der Waals surface area contributed by atoms with E-state index in [1.54, 1.807) is 18.4 Å². The number of rotatable bonds is 4. The number of hydrogen-bond acceptors (Lipinski definition) is 4. The van der Waals surface area contributed by atoms with E-state index in [0.29, 0.717) is 6.04 Å². The number of aryl methyl sites for hydroxylation is 1. The van der Waals surface area contributed by atoms with Crippen LogP contribution in [0.15, 0.2) is 24.3 Å². The second kappa shape index (κ2) is 5.50. The molecule has 0 saturated heterocycles. The average Bonchev–Trinajstić information content (AvgIpc) is 2.80. The Balaban J connectivity index is 2.33. The fraction of sp³-hybridized carbons (Fsp3) is 0.357. The summed E-state index contributed by atoms with van der Waals surface area (Å²) in [4.78, 5) is 5.94. The van der Waals surface area contributed by atoms with Crippen LogP contribution < -0.4 is 10.1 Å². The Morgan fingerprint density at radius 1 is 1.28 bits per heavy atom. The molecule has 1 aromatic heterocycles. The predicted octanol–water partition coefficient (Wildman–Crippen LogP) is 3.41. The van der Waals surface area contributed by atoms with Crippen LogP contribution in [0.1, 0.15) is 23.5 Å². The van der Waals surface area contributed by atoms with Crippen molar-refractivity contribution in [3.63, 3.8) is 0 Å². The second-order valence-electron chi connectivity index (χ2n) is 4.21. The molecule has 0 amide bonds. The average molecular weight is 262 g/mol. The summed E-state index contributed by atoms with van der Waals surface area (Å²) >= 11 is 1.74. The maximum absolute atomic E-state index is 5.16. The molecular formula is C14H18N2OS. The van der Waals surface area contributed by atoms with Gasteiger partial charge >= 0.3 is 0 Å². The Morgan fingerprint density at radius 2 is 1.94 bits per heavy atom. The number of thiazole rings is 1. The molecule has 2 aromatic rings. The number of aromatic nitrogens is 1. The molecule has 18 heavy (non-hydrogen) atoms. The SMILES string of the molecule is CNC(C)c1sc(-c2ccc(OC)cc2)nc1C. The summed E-state index contributed by atoms with van der Waals surface area (Å²) in [7, 11) is 3.64. The zero-order chi connectivity index (χ0) is 13.1. The van der Waals surface area contributed by atoms with Gasteiger partial charge in [0.15, 0.2) is 0 Å². The smallest absolute Gasteiger partial charge is 0.123 e. The zero-order valence-electron chi connectivity index (χ0n) is 11.2. The standard InChI is InChI=1S/C14H18N2OS/c1-9(15-3)13-10(2)16-14(18-13)11-5-7-12(17-4)8-6-11/h5-9,15H,1-4H3. The lowest BCUT2D eigenvalue weighted by Crippen LogP contribution is -2.11. The van der Waals surface area contributed by atoms with Crippen LogP contribution in [0.4, 0.5) is 0 Å². The Morgan fingerprint density at radius 3 is 2.50 bits per heavy atom. The lowest BCUT2D eigenvalue weighted by Gasteiger charge is -2.06. The van der Waals surface area contributed by atoms with Crippen molar-refractivity contribution in [1.29, 1.82) is 0 Å². The Bertz CT molecular complexity index is 519. The van der Waals surface area contributed by atoms with Gasteiger partial charge in [-0.2, -0.15) is 0 Å². The molecule has 1 atom stereocenters. The van der Waals surface area contributed by atoms with Gasteiger partial charge in [-0.05, 0) is 45.2 Å². The molecule has 4 heteroatoms. The van der Waals surface area contributed by atoms with Gasteiger partial charge in [0, 0.05) is 16.5 Å². The van der Waals surface area contributed by atoms with Crippen molar-refractivity contribution in [3.05, 3.63) is 34.8 Å². The van der Waals surface area contributed by atoms with Gasteiger partial charge in [0.2, 0.25) is 0 Å². The normalized spacial score (nSPS) is 12.4. The summed E-state index contributed by atoms with van der Waals surface area (Å²) in [6.07, 6.45) is 0. The summed E-state index contributed by atoms with van der Waals surface area (Å²) in [5.74, 6) is 0.871. The van der Waals surface area contributed by atoms with Gasteiger partial charge in [0.1, 0.15) is 10.8 Å². The highest BCUT2D eigenvalue weighted by molar-refractivity contribution is 7.15. The second-order valence-corrected chi connectivity index (χ2v) is 5.24. The number of hydrogen-bond donors (Lipinski definition) is 1. The van der Waals surface area contributed by atoms with Crippen molar-refractivity contribution < 1.29 is 4.74 Å². The maximum atomic E-state index is 5.16. The summed E-state index contributed by atoms with van der Waals surface area (Å²) in [6.45, 7) is 4.21. The fourth-order valence-corrected chi connectivity index (χ4v) is 2.93. The van der Waals surface area contributed by atoms with E-state index in [4.69, 9.17) is 4.74 Å². The van der Waals surface area contributed by atoms with E-state index < -0.39 is 0 Å². The molecule has 0 saturated carbocycles. The van der Waals surface area contributed by atoms with Crippen LogP contribution >= 0.6 is 11.3 Å². The lowest BCUT2D eigenvalue weighted by molar-refractivity contribution is 0.415. The van der Waals surface area contributed by atoms with Crippen LogP contribution in [0.25, 0.3) is 10.6 Å². The predicted molar refractivity (Wildman–Crippen MR) is 76.3 cm³/mol. The minimum Gasteiger partial charge on any atom is -0.497 e. The molecule has 0 spiro atoms. The first-order chi connectivity index (χ1) is 8.65. The van der Waals surface area contributed by atoms with Crippen molar-refractivity contribution >= 4 is 11.3 Å². The minimum absolute atomic E-state index is 0.342. The van der Waals surface area contributed by atoms with Gasteiger partial charge in [-0.3, -0.25) is 0 Å². The Kier molecular flexibility index (Phi) is 3.99. The number of methoxy groups -OCH3 is 1. The van der Waals surface area contributed by atoms with E-state index in [0.717, 1.165) is 22.0 Å². The molecule has 96 valence electrons. The zero-order valence-corrected chi connectivity index (χ0v) is 12.0. The van der Waals surface area contributed by atoms with Crippen molar-refractivity contribution in [2.75, 3.05) is 14.2 Å². The van der Waals surface area contributed by atoms with Crippen LogP contribution in [-0.2, 0) is 0 Å². The van der Waals surface area contributed by atoms with Gasteiger partial charge in [-0.1, -0.05) is 0 Å². The van der Waals surface area contributed by atoms with E-state index in [2.05, 4.69) is 24.1 Å². The van der Waals surface area contributed by atoms with Crippen molar-refractivity contribution in [2.45, 2.75) is 19.9 Å². The van der Waals surface area contributed by atoms with E-state index in [9.17, 15) is 0 Å². The largest absolute Gasteiger partial charge is 0.497 e. The Labute approximate surface area is 112 Å². The highest BCUT2D eigenvalue weighted by Gasteiger charge is 2.13. The van der Waals surface area contributed by atoms with Crippen LogP contribution in [0, 0.1) is 6.92 Å². The van der Waals surface area contributed by atoms with Crippen molar-refractivity contribution in [3.8, 4) is 16.3 Å². The molecule has 3 nitrogen and oxygen atoms in total. The first-order valence-corrected chi connectivity index (χ1v) is 6.76. The number of benzene rings is 1. The van der Waals surface area contributed by atoms with Crippen LogP contribution in [-0.4, -0.2) is 19.1 Å². The molecule has 1 aromatic carbocycles. The van der Waals surface area contributed by atoms with E-state index in [1.165, 1.54) is 4.88 Å². The molecule has 0 radical (unpaired) electrons. The fourth-order valence-electron chi connectivity index (χ4n) is 1.80. The third-order valence-corrected chi connectivity index (χ3v) is 4.38. The van der Waals surface area contributed by atoms with Crippen LogP contribution in [0.5, 0.6) is 5.75 Å². The van der Waals surface area contributed by atoms with E-state index >= 15 is 0 Å². The van der Waals surface area contributed by atoms with E-state index in [-0.39, 0.29) is 0 Å². The Hall–Kier alpha value is -1.39. The van der Waals surface area contributed by atoms with Crippen molar-refractivity contribution in [1.82, 2.24) is 10.3 Å². The number of nitrogens with zero attached hydrogens (tertiary/aromatic N) is 1. The van der Waals surface area contributed by atoms with Crippen LogP contribution in [0.2, 0.25) is 0 Å². The van der Waals surface area contributed by atoms with Gasteiger partial charge in [0.25, 0.3) is 0 Å². The molecule has 1 heterocycles. The van der Waals surface area contributed by atoms with Gasteiger partial charge in [0.05, 0.1) is 12.8 Å². The number of nitrogens with one attached hydrogen (secondary N) is 1. The highest BCUT2D eigenvalue weighted by atomic mass is 32.1.